The quantitative estimate of drug-likeness (QED) is 0.868. The minimum atomic E-state index is -0.371. The zero-order valence-corrected chi connectivity index (χ0v) is 11.6. The second kappa shape index (κ2) is 5.01. The van der Waals surface area contributed by atoms with Gasteiger partial charge in [-0.1, -0.05) is 13.3 Å². The first-order valence-electron chi connectivity index (χ1n) is 5.52. The number of tetrazole rings is 1. The minimum absolute atomic E-state index is 0.288. The van der Waals surface area contributed by atoms with Crippen LogP contribution < -0.4 is 5.69 Å². The maximum atomic E-state index is 13.7. The smallest absolute Gasteiger partial charge is 0.244 e. The molecule has 0 bridgehead atoms. The topological polar surface area (TPSA) is 52.7 Å². The molecule has 0 amide bonds. The van der Waals surface area contributed by atoms with E-state index < -0.39 is 0 Å². The lowest BCUT2D eigenvalue weighted by atomic mass is 10.1. The summed E-state index contributed by atoms with van der Waals surface area (Å²) in [5.41, 5.74) is 0.691. The van der Waals surface area contributed by atoms with E-state index in [0.717, 1.165) is 15.8 Å². The summed E-state index contributed by atoms with van der Waals surface area (Å²) in [5, 5.41) is 7.38. The lowest BCUT2D eigenvalue weighted by Gasteiger charge is -2.07. The number of halogens is 2. The van der Waals surface area contributed by atoms with E-state index in [2.05, 4.69) is 26.4 Å². The number of nitrogens with zero attached hydrogens (tertiary/aromatic N) is 4. The first kappa shape index (κ1) is 12.9. The van der Waals surface area contributed by atoms with Crippen LogP contribution in [0.3, 0.4) is 0 Å². The van der Waals surface area contributed by atoms with Crippen LogP contribution in [0.4, 0.5) is 4.39 Å². The average Bonchev–Trinajstić information content (AvgIpc) is 2.64. The van der Waals surface area contributed by atoms with Gasteiger partial charge in [0.25, 0.3) is 0 Å². The highest BCUT2D eigenvalue weighted by Gasteiger charge is 2.13. The molecule has 0 saturated heterocycles. The molecule has 0 spiro atoms. The first-order valence-corrected chi connectivity index (χ1v) is 6.31. The van der Waals surface area contributed by atoms with Crippen molar-refractivity contribution in [2.24, 2.45) is 7.05 Å². The molecule has 1 heterocycles. The van der Waals surface area contributed by atoms with Gasteiger partial charge in [-0.05, 0) is 50.5 Å². The van der Waals surface area contributed by atoms with Gasteiger partial charge in [-0.25, -0.2) is 9.18 Å². The highest BCUT2D eigenvalue weighted by Crippen LogP contribution is 2.24. The second-order valence-corrected chi connectivity index (χ2v) is 4.80. The third-order valence-electron chi connectivity index (χ3n) is 2.59. The third-order valence-corrected chi connectivity index (χ3v) is 3.22. The molecule has 7 heteroatoms. The summed E-state index contributed by atoms with van der Waals surface area (Å²) >= 11 is 3.24. The van der Waals surface area contributed by atoms with Crippen LogP contribution >= 0.6 is 15.9 Å². The number of hydrogen-bond acceptors (Lipinski definition) is 3. The van der Waals surface area contributed by atoms with Gasteiger partial charge in [0.2, 0.25) is 0 Å². The van der Waals surface area contributed by atoms with E-state index in [9.17, 15) is 9.18 Å². The lowest BCUT2D eigenvalue weighted by Crippen LogP contribution is -2.22. The van der Waals surface area contributed by atoms with Gasteiger partial charge in [0.15, 0.2) is 0 Å². The van der Waals surface area contributed by atoms with Crippen LogP contribution in [0.1, 0.15) is 18.9 Å². The predicted octanol–water partition coefficient (Wildman–Crippen LogP) is 1.82. The van der Waals surface area contributed by atoms with Gasteiger partial charge >= 0.3 is 5.69 Å². The fourth-order valence-electron chi connectivity index (χ4n) is 1.67. The molecule has 18 heavy (non-hydrogen) atoms. The SMILES string of the molecule is CCCc1cc(-n2nnn(C)c2=O)c(Br)cc1F. The van der Waals surface area contributed by atoms with E-state index in [0.29, 0.717) is 22.1 Å². The van der Waals surface area contributed by atoms with E-state index in [-0.39, 0.29) is 11.5 Å². The highest BCUT2D eigenvalue weighted by atomic mass is 79.9. The standard InChI is InChI=1S/C11H12BrFN4O/c1-3-4-7-5-10(8(12)6-9(7)13)17-11(18)16(2)14-15-17/h5-6H,3-4H2,1-2H3. The number of aryl methyl sites for hydroxylation is 2. The molecular formula is C11H12BrFN4O. The van der Waals surface area contributed by atoms with Crippen molar-refractivity contribution in [3.63, 3.8) is 0 Å². The second-order valence-electron chi connectivity index (χ2n) is 3.94. The number of hydrogen-bond donors (Lipinski definition) is 0. The average molecular weight is 315 g/mol. The van der Waals surface area contributed by atoms with Crippen LogP contribution in [-0.4, -0.2) is 19.8 Å². The Morgan fingerprint density at radius 1 is 1.39 bits per heavy atom. The molecule has 5 nitrogen and oxygen atoms in total. The normalized spacial score (nSPS) is 10.9. The Morgan fingerprint density at radius 2 is 2.11 bits per heavy atom. The first-order chi connectivity index (χ1) is 8.54. The molecule has 2 rings (SSSR count). The Bertz CT molecular complexity index is 634. The maximum absolute atomic E-state index is 13.7. The molecule has 0 aliphatic rings. The van der Waals surface area contributed by atoms with Gasteiger partial charge in [0.05, 0.1) is 5.69 Å². The van der Waals surface area contributed by atoms with Gasteiger partial charge in [0.1, 0.15) is 5.82 Å². The Labute approximate surface area is 111 Å². The summed E-state index contributed by atoms with van der Waals surface area (Å²) < 4.78 is 16.4. The number of aromatic nitrogens is 4. The molecule has 0 radical (unpaired) electrons. The van der Waals surface area contributed by atoms with Crippen LogP contribution in [0.5, 0.6) is 0 Å². The molecule has 0 N–H and O–H groups in total. The largest absolute Gasteiger partial charge is 0.368 e. The van der Waals surface area contributed by atoms with Crippen LogP contribution in [-0.2, 0) is 13.5 Å². The number of rotatable bonds is 3. The summed E-state index contributed by atoms with van der Waals surface area (Å²) in [7, 11) is 1.51. The van der Waals surface area contributed by atoms with Crippen molar-refractivity contribution < 1.29 is 4.39 Å². The molecule has 0 aliphatic carbocycles. The zero-order valence-electron chi connectivity index (χ0n) is 10.0. The molecule has 0 atom stereocenters. The van der Waals surface area contributed by atoms with Crippen molar-refractivity contribution in [3.8, 4) is 5.69 Å². The Hall–Kier alpha value is -1.50. The van der Waals surface area contributed by atoms with E-state index in [4.69, 9.17) is 0 Å². The van der Waals surface area contributed by atoms with Crippen LogP contribution in [0, 0.1) is 5.82 Å². The summed E-state index contributed by atoms with van der Waals surface area (Å²) in [5.74, 6) is -0.288. The maximum Gasteiger partial charge on any atom is 0.368 e. The summed E-state index contributed by atoms with van der Waals surface area (Å²) in [4.78, 5) is 11.8. The fourth-order valence-corrected chi connectivity index (χ4v) is 2.15. The van der Waals surface area contributed by atoms with Crippen LogP contribution in [0.2, 0.25) is 0 Å². The number of benzene rings is 1. The van der Waals surface area contributed by atoms with Crippen molar-refractivity contribution >= 4 is 15.9 Å². The van der Waals surface area contributed by atoms with Gasteiger partial charge in [-0.15, -0.1) is 0 Å². The molecular weight excluding hydrogens is 303 g/mol. The predicted molar refractivity (Wildman–Crippen MR) is 68.3 cm³/mol. The van der Waals surface area contributed by atoms with Crippen molar-refractivity contribution in [2.45, 2.75) is 19.8 Å². The van der Waals surface area contributed by atoms with Gasteiger partial charge in [-0.2, -0.15) is 9.36 Å². The molecule has 1 aromatic heterocycles. The van der Waals surface area contributed by atoms with Gasteiger partial charge in [0, 0.05) is 11.5 Å². The molecule has 0 saturated carbocycles. The summed E-state index contributed by atoms with van der Waals surface area (Å²) in [6, 6.07) is 2.97. The molecule has 0 fully saturated rings. The fraction of sp³-hybridized carbons (Fsp3) is 0.364. The minimum Gasteiger partial charge on any atom is -0.244 e. The van der Waals surface area contributed by atoms with Crippen LogP contribution in [0.15, 0.2) is 21.4 Å². The molecule has 96 valence electrons. The van der Waals surface area contributed by atoms with Crippen molar-refractivity contribution in [1.29, 1.82) is 0 Å². The summed E-state index contributed by atoms with van der Waals surface area (Å²) in [6.07, 6.45) is 1.44. The highest BCUT2D eigenvalue weighted by molar-refractivity contribution is 9.10. The van der Waals surface area contributed by atoms with E-state index in [1.165, 1.54) is 13.1 Å². The Morgan fingerprint density at radius 3 is 2.67 bits per heavy atom. The monoisotopic (exact) mass is 314 g/mol. The lowest BCUT2D eigenvalue weighted by molar-refractivity contribution is 0.604. The Kier molecular flexibility index (Phi) is 3.60. The van der Waals surface area contributed by atoms with Gasteiger partial charge < -0.3 is 0 Å². The molecule has 2 aromatic rings. The van der Waals surface area contributed by atoms with E-state index >= 15 is 0 Å². The van der Waals surface area contributed by atoms with E-state index in [1.54, 1.807) is 6.07 Å². The molecule has 0 unspecified atom stereocenters. The van der Waals surface area contributed by atoms with Crippen molar-refractivity contribution in [1.82, 2.24) is 19.8 Å². The van der Waals surface area contributed by atoms with Crippen LogP contribution in [0.25, 0.3) is 5.69 Å². The van der Waals surface area contributed by atoms with Crippen molar-refractivity contribution in [2.75, 3.05) is 0 Å². The molecule has 1 aromatic carbocycles. The zero-order chi connectivity index (χ0) is 13.3. The van der Waals surface area contributed by atoms with E-state index in [1.807, 2.05) is 6.92 Å². The van der Waals surface area contributed by atoms with Gasteiger partial charge in [-0.3, -0.25) is 0 Å². The third kappa shape index (κ3) is 2.22. The Balaban J connectivity index is 2.60. The van der Waals surface area contributed by atoms with Crippen molar-refractivity contribution in [3.05, 3.63) is 38.5 Å². The molecule has 0 aliphatic heterocycles. The summed E-state index contributed by atoms with van der Waals surface area (Å²) in [6.45, 7) is 1.97.